The maximum absolute atomic E-state index is 11.0. The zero-order chi connectivity index (χ0) is 17.2. The number of hydrogen-bond donors (Lipinski definition) is 2. The molecule has 1 aliphatic carbocycles. The van der Waals surface area contributed by atoms with Crippen molar-refractivity contribution in [3.05, 3.63) is 35.4 Å². The zero-order valence-electron chi connectivity index (χ0n) is 14.9. The molecule has 0 amide bonds. The van der Waals surface area contributed by atoms with E-state index in [1.807, 2.05) is 31.2 Å². The molecule has 3 nitrogen and oxygen atoms in total. The van der Waals surface area contributed by atoms with Gasteiger partial charge in [0.2, 0.25) is 0 Å². The van der Waals surface area contributed by atoms with Gasteiger partial charge in [-0.2, -0.15) is 0 Å². The van der Waals surface area contributed by atoms with Gasteiger partial charge < -0.3 is 10.8 Å². The molecule has 0 heterocycles. The standard InChI is InChI=1S/C14H20O2.C6H13N/c1-4-13(14(15)16)12-7-5-11(6-8-12)9-10(2)3;7-6-4-2-1-3-5-6/h5-8,10,13H,4,9H2,1-3H3,(H,15,16);6H,1-5,7H2. The molecule has 1 aliphatic rings. The fourth-order valence-corrected chi connectivity index (χ4v) is 3.04. The van der Waals surface area contributed by atoms with E-state index in [1.165, 1.54) is 37.7 Å². The molecule has 0 radical (unpaired) electrons. The molecule has 1 fully saturated rings. The summed E-state index contributed by atoms with van der Waals surface area (Å²) >= 11 is 0. The SMILES string of the molecule is CCC(C(=O)O)c1ccc(CC(C)C)cc1.NC1CCCCC1. The molecule has 3 heteroatoms. The van der Waals surface area contributed by atoms with Crippen molar-refractivity contribution in [2.24, 2.45) is 11.7 Å². The van der Waals surface area contributed by atoms with Gasteiger partial charge in [-0.25, -0.2) is 0 Å². The van der Waals surface area contributed by atoms with Crippen LogP contribution in [0.1, 0.15) is 76.3 Å². The highest BCUT2D eigenvalue weighted by Gasteiger charge is 2.16. The molecular formula is C20H33NO2. The molecule has 0 spiro atoms. The summed E-state index contributed by atoms with van der Waals surface area (Å²) in [5.41, 5.74) is 7.82. The first-order chi connectivity index (χ1) is 10.9. The zero-order valence-corrected chi connectivity index (χ0v) is 14.9. The Labute approximate surface area is 141 Å². The number of nitrogens with two attached hydrogens (primary N) is 1. The van der Waals surface area contributed by atoms with Crippen LogP contribution in [0.15, 0.2) is 24.3 Å². The Morgan fingerprint density at radius 2 is 1.74 bits per heavy atom. The lowest BCUT2D eigenvalue weighted by Crippen LogP contribution is -2.22. The van der Waals surface area contributed by atoms with Gasteiger partial charge in [-0.1, -0.05) is 64.3 Å². The van der Waals surface area contributed by atoms with E-state index in [2.05, 4.69) is 13.8 Å². The first kappa shape index (κ1) is 19.7. The monoisotopic (exact) mass is 319 g/mol. The summed E-state index contributed by atoms with van der Waals surface area (Å²) in [6.07, 6.45) is 8.35. The molecule has 3 N–H and O–H groups in total. The topological polar surface area (TPSA) is 63.3 Å². The summed E-state index contributed by atoms with van der Waals surface area (Å²) in [6, 6.07) is 8.51. The molecule has 0 bridgehead atoms. The highest BCUT2D eigenvalue weighted by Crippen LogP contribution is 2.21. The van der Waals surface area contributed by atoms with Crippen LogP contribution >= 0.6 is 0 Å². The lowest BCUT2D eigenvalue weighted by Gasteiger charge is -2.15. The number of carboxylic acid groups (broad SMARTS) is 1. The third-order valence-electron chi connectivity index (χ3n) is 4.38. The summed E-state index contributed by atoms with van der Waals surface area (Å²) in [5.74, 6) is -0.473. The molecule has 1 aromatic carbocycles. The molecule has 1 atom stereocenters. The Bertz CT molecular complexity index is 447. The van der Waals surface area contributed by atoms with Crippen LogP contribution in [0, 0.1) is 5.92 Å². The first-order valence-corrected chi connectivity index (χ1v) is 9.01. The summed E-state index contributed by atoms with van der Waals surface area (Å²) in [7, 11) is 0. The van der Waals surface area contributed by atoms with E-state index in [4.69, 9.17) is 10.8 Å². The van der Waals surface area contributed by atoms with Crippen LogP contribution in [0.3, 0.4) is 0 Å². The van der Waals surface area contributed by atoms with Crippen LogP contribution in [0.4, 0.5) is 0 Å². The first-order valence-electron chi connectivity index (χ1n) is 9.01. The Hall–Kier alpha value is -1.35. The van der Waals surface area contributed by atoms with Crippen LogP contribution in [0.25, 0.3) is 0 Å². The summed E-state index contributed by atoms with van der Waals surface area (Å²) in [5, 5.41) is 9.04. The Kier molecular flexibility index (Phi) is 8.93. The van der Waals surface area contributed by atoms with E-state index in [0.717, 1.165) is 12.0 Å². The van der Waals surface area contributed by atoms with E-state index in [0.29, 0.717) is 18.4 Å². The van der Waals surface area contributed by atoms with Gasteiger partial charge in [0, 0.05) is 6.04 Å². The molecule has 1 saturated carbocycles. The van der Waals surface area contributed by atoms with Crippen molar-refractivity contribution in [2.45, 2.75) is 77.7 Å². The van der Waals surface area contributed by atoms with E-state index >= 15 is 0 Å². The minimum atomic E-state index is -0.737. The van der Waals surface area contributed by atoms with Crippen molar-refractivity contribution in [1.29, 1.82) is 0 Å². The van der Waals surface area contributed by atoms with Crippen LogP contribution in [0.5, 0.6) is 0 Å². The van der Waals surface area contributed by atoms with Gasteiger partial charge in [0.15, 0.2) is 0 Å². The lowest BCUT2D eigenvalue weighted by molar-refractivity contribution is -0.138. The lowest BCUT2D eigenvalue weighted by atomic mass is 9.94. The smallest absolute Gasteiger partial charge is 0.310 e. The fourth-order valence-electron chi connectivity index (χ4n) is 3.04. The normalized spacial score (nSPS) is 16.6. The molecule has 0 aliphatic heterocycles. The van der Waals surface area contributed by atoms with E-state index in [9.17, 15) is 4.79 Å². The van der Waals surface area contributed by atoms with E-state index < -0.39 is 5.97 Å². The molecule has 1 aromatic rings. The highest BCUT2D eigenvalue weighted by atomic mass is 16.4. The number of rotatable bonds is 5. The number of carbonyl (C=O) groups is 1. The third kappa shape index (κ3) is 7.65. The van der Waals surface area contributed by atoms with Crippen molar-refractivity contribution < 1.29 is 9.90 Å². The van der Waals surface area contributed by atoms with Gasteiger partial charge in [0.25, 0.3) is 0 Å². The predicted octanol–water partition coefficient (Wildman–Crippen LogP) is 4.74. The van der Waals surface area contributed by atoms with Crippen LogP contribution < -0.4 is 5.73 Å². The number of carboxylic acids is 1. The largest absolute Gasteiger partial charge is 0.481 e. The number of aliphatic carboxylic acids is 1. The van der Waals surface area contributed by atoms with Crippen molar-refractivity contribution in [1.82, 2.24) is 0 Å². The number of hydrogen-bond acceptors (Lipinski definition) is 2. The van der Waals surface area contributed by atoms with Crippen molar-refractivity contribution in [3.63, 3.8) is 0 Å². The molecule has 1 unspecified atom stereocenters. The second-order valence-corrected chi connectivity index (χ2v) is 7.04. The van der Waals surface area contributed by atoms with Gasteiger partial charge in [-0.3, -0.25) is 4.79 Å². The minimum Gasteiger partial charge on any atom is -0.481 e. The predicted molar refractivity (Wildman–Crippen MR) is 96.7 cm³/mol. The molecule has 2 rings (SSSR count). The molecule has 0 saturated heterocycles. The van der Waals surface area contributed by atoms with Crippen LogP contribution in [-0.2, 0) is 11.2 Å². The second-order valence-electron chi connectivity index (χ2n) is 7.04. The minimum absolute atomic E-state index is 0.368. The molecule has 130 valence electrons. The van der Waals surface area contributed by atoms with Gasteiger partial charge in [-0.05, 0) is 42.7 Å². The summed E-state index contributed by atoms with van der Waals surface area (Å²) in [4.78, 5) is 11.0. The highest BCUT2D eigenvalue weighted by molar-refractivity contribution is 5.75. The average molecular weight is 319 g/mol. The van der Waals surface area contributed by atoms with E-state index in [1.54, 1.807) is 0 Å². The molecule has 23 heavy (non-hydrogen) atoms. The molecular weight excluding hydrogens is 286 g/mol. The van der Waals surface area contributed by atoms with Gasteiger partial charge in [0.05, 0.1) is 5.92 Å². The Balaban J connectivity index is 0.000000313. The summed E-state index contributed by atoms with van der Waals surface area (Å²) in [6.45, 7) is 6.26. The summed E-state index contributed by atoms with van der Waals surface area (Å²) < 4.78 is 0. The van der Waals surface area contributed by atoms with Gasteiger partial charge in [0.1, 0.15) is 0 Å². The van der Waals surface area contributed by atoms with Gasteiger partial charge >= 0.3 is 5.97 Å². The maximum Gasteiger partial charge on any atom is 0.310 e. The Morgan fingerprint density at radius 1 is 1.17 bits per heavy atom. The van der Waals surface area contributed by atoms with E-state index in [-0.39, 0.29) is 5.92 Å². The van der Waals surface area contributed by atoms with Crippen LogP contribution in [0.2, 0.25) is 0 Å². The van der Waals surface area contributed by atoms with Crippen molar-refractivity contribution in [3.8, 4) is 0 Å². The Morgan fingerprint density at radius 3 is 2.09 bits per heavy atom. The molecule has 0 aromatic heterocycles. The van der Waals surface area contributed by atoms with Gasteiger partial charge in [-0.15, -0.1) is 0 Å². The van der Waals surface area contributed by atoms with Crippen LogP contribution in [-0.4, -0.2) is 17.1 Å². The fraction of sp³-hybridized carbons (Fsp3) is 0.650. The van der Waals surface area contributed by atoms with Crippen molar-refractivity contribution in [2.75, 3.05) is 0 Å². The second kappa shape index (κ2) is 10.4. The maximum atomic E-state index is 11.0. The average Bonchev–Trinajstić information content (AvgIpc) is 2.50. The van der Waals surface area contributed by atoms with Crippen molar-refractivity contribution >= 4 is 5.97 Å². The number of benzene rings is 1. The quantitative estimate of drug-likeness (QED) is 0.824. The third-order valence-corrected chi connectivity index (χ3v) is 4.38.